The van der Waals surface area contributed by atoms with Crippen molar-refractivity contribution >= 4 is 11.7 Å². The zero-order valence-electron chi connectivity index (χ0n) is 11.7. The lowest BCUT2D eigenvalue weighted by molar-refractivity contribution is -0.129. The maximum Gasteiger partial charge on any atom is 0.219 e. The summed E-state index contributed by atoms with van der Waals surface area (Å²) in [5.41, 5.74) is 2.19. The lowest BCUT2D eigenvalue weighted by Gasteiger charge is -2.36. The highest BCUT2D eigenvalue weighted by Crippen LogP contribution is 2.37. The Morgan fingerprint density at radius 3 is 2.75 bits per heavy atom. The van der Waals surface area contributed by atoms with Crippen molar-refractivity contribution in [2.75, 3.05) is 37.7 Å². The zero-order valence-corrected chi connectivity index (χ0v) is 11.7. The van der Waals surface area contributed by atoms with Gasteiger partial charge in [0.15, 0.2) is 0 Å². The molecule has 0 aromatic carbocycles. The predicted octanol–water partition coefficient (Wildman–Crippen LogP) is 0.167. The molecule has 1 aromatic heterocycles. The summed E-state index contributed by atoms with van der Waals surface area (Å²) in [5.74, 6) is 1.24. The number of hydrogen-bond acceptors (Lipinski definition) is 5. The summed E-state index contributed by atoms with van der Waals surface area (Å²) in [6.07, 6.45) is 3.49. The van der Waals surface area contributed by atoms with Gasteiger partial charge in [-0.2, -0.15) is 0 Å². The number of fused-ring (bicyclic) bond motifs is 1. The predicted molar refractivity (Wildman–Crippen MR) is 74.6 cm³/mol. The van der Waals surface area contributed by atoms with Gasteiger partial charge in [0.1, 0.15) is 12.1 Å². The minimum Gasteiger partial charge on any atom is -0.396 e. The number of aliphatic hydroxyl groups is 1. The molecular formula is C14H20N4O2. The summed E-state index contributed by atoms with van der Waals surface area (Å²) in [6.45, 7) is 4.82. The van der Waals surface area contributed by atoms with Crippen molar-refractivity contribution in [1.82, 2.24) is 14.9 Å². The third-order valence-corrected chi connectivity index (χ3v) is 4.33. The van der Waals surface area contributed by atoms with E-state index in [9.17, 15) is 9.90 Å². The number of piperazine rings is 1. The van der Waals surface area contributed by atoms with Crippen LogP contribution >= 0.6 is 0 Å². The Balaban J connectivity index is 1.82. The van der Waals surface area contributed by atoms with Crippen molar-refractivity contribution in [3.8, 4) is 0 Å². The van der Waals surface area contributed by atoms with Gasteiger partial charge >= 0.3 is 0 Å². The van der Waals surface area contributed by atoms with Gasteiger partial charge in [0.05, 0.1) is 6.61 Å². The number of aliphatic hydroxyl groups excluding tert-OH is 1. The van der Waals surface area contributed by atoms with Crippen LogP contribution in [0.15, 0.2) is 6.33 Å². The van der Waals surface area contributed by atoms with E-state index in [1.54, 1.807) is 13.3 Å². The molecule has 3 rings (SSSR count). The number of aromatic nitrogens is 2. The Bertz CT molecular complexity index is 512. The summed E-state index contributed by atoms with van der Waals surface area (Å²) >= 11 is 0. The average Bonchev–Trinajstić information content (AvgIpc) is 2.90. The van der Waals surface area contributed by atoms with Crippen molar-refractivity contribution in [2.45, 2.75) is 25.7 Å². The molecule has 20 heavy (non-hydrogen) atoms. The van der Waals surface area contributed by atoms with E-state index < -0.39 is 0 Å². The lowest BCUT2D eigenvalue weighted by atomic mass is 10.0. The summed E-state index contributed by atoms with van der Waals surface area (Å²) in [5, 5.41) is 9.52. The first kappa shape index (κ1) is 13.3. The Labute approximate surface area is 118 Å². The minimum atomic E-state index is 0.130. The molecule has 1 unspecified atom stereocenters. The van der Waals surface area contributed by atoms with Crippen LogP contribution in [0.5, 0.6) is 0 Å². The van der Waals surface area contributed by atoms with Crippen LogP contribution in [-0.2, 0) is 11.2 Å². The van der Waals surface area contributed by atoms with Crippen LogP contribution in [-0.4, -0.2) is 58.7 Å². The molecule has 1 atom stereocenters. The second kappa shape index (κ2) is 5.36. The smallest absolute Gasteiger partial charge is 0.219 e. The Kier molecular flexibility index (Phi) is 3.56. The fraction of sp³-hybridized carbons (Fsp3) is 0.643. The van der Waals surface area contributed by atoms with Gasteiger partial charge in [-0.15, -0.1) is 0 Å². The molecule has 108 valence electrons. The molecule has 0 spiro atoms. The standard InChI is InChI=1S/C14H20N4O2/c1-10(20)17-4-6-18(7-5-17)14-13-11(8-19)2-3-12(13)15-9-16-14/h9,11,19H,2-8H2,1H3. The number of anilines is 1. The second-order valence-electron chi connectivity index (χ2n) is 5.47. The molecule has 1 fully saturated rings. The Morgan fingerprint density at radius 1 is 1.35 bits per heavy atom. The van der Waals surface area contributed by atoms with E-state index >= 15 is 0 Å². The maximum atomic E-state index is 11.4. The summed E-state index contributed by atoms with van der Waals surface area (Å²) < 4.78 is 0. The number of hydrogen-bond donors (Lipinski definition) is 1. The van der Waals surface area contributed by atoms with Crippen molar-refractivity contribution in [3.05, 3.63) is 17.6 Å². The van der Waals surface area contributed by atoms with Crippen LogP contribution in [0.25, 0.3) is 0 Å². The van der Waals surface area contributed by atoms with Crippen molar-refractivity contribution in [3.63, 3.8) is 0 Å². The van der Waals surface area contributed by atoms with Gasteiger partial charge in [0.25, 0.3) is 0 Å². The lowest BCUT2D eigenvalue weighted by Crippen LogP contribution is -2.48. The molecule has 1 N–H and O–H groups in total. The van der Waals surface area contributed by atoms with Gasteiger partial charge < -0.3 is 14.9 Å². The van der Waals surface area contributed by atoms with Gasteiger partial charge in [-0.05, 0) is 12.8 Å². The van der Waals surface area contributed by atoms with Crippen LogP contribution in [0, 0.1) is 0 Å². The molecule has 1 saturated heterocycles. The van der Waals surface area contributed by atoms with E-state index in [0.717, 1.165) is 56.1 Å². The third-order valence-electron chi connectivity index (χ3n) is 4.33. The minimum absolute atomic E-state index is 0.130. The first-order valence-electron chi connectivity index (χ1n) is 7.15. The Hall–Kier alpha value is -1.69. The van der Waals surface area contributed by atoms with Crippen molar-refractivity contribution in [1.29, 1.82) is 0 Å². The van der Waals surface area contributed by atoms with Crippen LogP contribution < -0.4 is 4.90 Å². The topological polar surface area (TPSA) is 69.6 Å². The zero-order chi connectivity index (χ0) is 14.1. The quantitative estimate of drug-likeness (QED) is 0.833. The highest BCUT2D eigenvalue weighted by Gasteiger charge is 2.30. The van der Waals surface area contributed by atoms with E-state index in [4.69, 9.17) is 0 Å². The van der Waals surface area contributed by atoms with Crippen molar-refractivity contribution in [2.24, 2.45) is 0 Å². The molecule has 2 heterocycles. The van der Waals surface area contributed by atoms with Crippen LogP contribution in [0.2, 0.25) is 0 Å². The fourth-order valence-electron chi connectivity index (χ4n) is 3.16. The van der Waals surface area contributed by atoms with Gasteiger partial charge in [0, 0.05) is 50.3 Å². The molecule has 0 radical (unpaired) electrons. The highest BCUT2D eigenvalue weighted by atomic mass is 16.3. The van der Waals surface area contributed by atoms with Crippen LogP contribution in [0.4, 0.5) is 5.82 Å². The normalized spacial score (nSPS) is 22.0. The van der Waals surface area contributed by atoms with Gasteiger partial charge in [0.2, 0.25) is 5.91 Å². The molecule has 2 aliphatic rings. The van der Waals surface area contributed by atoms with Gasteiger partial charge in [-0.3, -0.25) is 4.79 Å². The number of rotatable bonds is 2. The van der Waals surface area contributed by atoms with Crippen LogP contribution in [0.1, 0.15) is 30.5 Å². The molecule has 1 aliphatic heterocycles. The number of amides is 1. The number of aryl methyl sites for hydroxylation is 1. The first-order chi connectivity index (χ1) is 9.70. The highest BCUT2D eigenvalue weighted by molar-refractivity contribution is 5.73. The van der Waals surface area contributed by atoms with Gasteiger partial charge in [-0.25, -0.2) is 9.97 Å². The average molecular weight is 276 g/mol. The largest absolute Gasteiger partial charge is 0.396 e. The summed E-state index contributed by atoms with van der Waals surface area (Å²) in [4.78, 5) is 24.2. The molecular weight excluding hydrogens is 256 g/mol. The van der Waals surface area contributed by atoms with E-state index in [0.29, 0.717) is 0 Å². The third kappa shape index (κ3) is 2.24. The first-order valence-corrected chi connectivity index (χ1v) is 7.15. The summed E-state index contributed by atoms with van der Waals surface area (Å²) in [7, 11) is 0. The summed E-state index contributed by atoms with van der Waals surface area (Å²) in [6, 6.07) is 0. The SMILES string of the molecule is CC(=O)N1CCN(c2ncnc3c2C(CO)CC3)CC1. The fourth-order valence-corrected chi connectivity index (χ4v) is 3.16. The molecule has 1 aromatic rings. The number of carbonyl (C=O) groups excluding carboxylic acids is 1. The van der Waals surface area contributed by atoms with Gasteiger partial charge in [-0.1, -0.05) is 0 Å². The monoisotopic (exact) mass is 276 g/mol. The number of carbonyl (C=O) groups is 1. The molecule has 6 nitrogen and oxygen atoms in total. The van der Waals surface area contributed by atoms with E-state index in [1.165, 1.54) is 0 Å². The Morgan fingerprint density at radius 2 is 2.10 bits per heavy atom. The molecule has 0 bridgehead atoms. The van der Waals surface area contributed by atoms with Crippen molar-refractivity contribution < 1.29 is 9.90 Å². The number of nitrogens with zero attached hydrogens (tertiary/aromatic N) is 4. The molecule has 0 saturated carbocycles. The van der Waals surface area contributed by atoms with E-state index in [1.807, 2.05) is 4.90 Å². The second-order valence-corrected chi connectivity index (χ2v) is 5.47. The van der Waals surface area contributed by atoms with E-state index in [2.05, 4.69) is 14.9 Å². The molecule has 1 aliphatic carbocycles. The molecule has 1 amide bonds. The maximum absolute atomic E-state index is 11.4. The van der Waals surface area contributed by atoms with E-state index in [-0.39, 0.29) is 18.4 Å². The molecule has 6 heteroatoms. The van der Waals surface area contributed by atoms with Crippen LogP contribution in [0.3, 0.4) is 0 Å².